The van der Waals surface area contributed by atoms with Gasteiger partial charge in [0.1, 0.15) is 0 Å². The second-order valence-electron chi connectivity index (χ2n) is 4.24. The molecule has 0 spiro atoms. The topological polar surface area (TPSA) is 49.3 Å². The zero-order valence-electron chi connectivity index (χ0n) is 10.4. The zero-order valence-corrected chi connectivity index (χ0v) is 10.4. The lowest BCUT2D eigenvalue weighted by Gasteiger charge is -2.15. The van der Waals surface area contributed by atoms with Crippen LogP contribution in [0.2, 0.25) is 0 Å². The molecule has 0 aliphatic rings. The van der Waals surface area contributed by atoms with Crippen molar-refractivity contribution in [2.75, 3.05) is 5.32 Å². The van der Waals surface area contributed by atoms with Gasteiger partial charge in [0.25, 0.3) is 0 Å². The van der Waals surface area contributed by atoms with Gasteiger partial charge in [0.05, 0.1) is 11.9 Å². The third-order valence-electron chi connectivity index (χ3n) is 1.74. The molecule has 1 aromatic rings. The van der Waals surface area contributed by atoms with E-state index < -0.39 is 0 Å². The maximum absolute atomic E-state index is 4.48. The van der Waals surface area contributed by atoms with Crippen molar-refractivity contribution in [2.45, 2.75) is 39.8 Å². The largest absolute Gasteiger partial charge is 0.354 e. The van der Waals surface area contributed by atoms with Gasteiger partial charge < -0.3 is 10.6 Å². The molecule has 16 heavy (non-hydrogen) atoms. The van der Waals surface area contributed by atoms with Crippen molar-refractivity contribution in [3.05, 3.63) is 24.5 Å². The number of hydrogen-bond acceptors (Lipinski definition) is 2. The first-order valence-electron chi connectivity index (χ1n) is 5.59. The van der Waals surface area contributed by atoms with Gasteiger partial charge in [0, 0.05) is 18.3 Å². The van der Waals surface area contributed by atoms with Gasteiger partial charge in [0.15, 0.2) is 5.96 Å². The van der Waals surface area contributed by atoms with Gasteiger partial charge in [-0.3, -0.25) is 9.98 Å². The Bertz CT molecular complexity index is 330. The fourth-order valence-electron chi connectivity index (χ4n) is 1.21. The van der Waals surface area contributed by atoms with Crippen LogP contribution in [-0.2, 0) is 0 Å². The minimum Gasteiger partial charge on any atom is -0.354 e. The van der Waals surface area contributed by atoms with Crippen LogP contribution in [0.4, 0.5) is 5.69 Å². The van der Waals surface area contributed by atoms with E-state index in [0.717, 1.165) is 11.6 Å². The molecule has 0 aliphatic heterocycles. The predicted octanol–water partition coefficient (Wildman–Crippen LogP) is 2.26. The number of rotatable bonds is 3. The summed E-state index contributed by atoms with van der Waals surface area (Å²) in [5.41, 5.74) is 0.940. The fourth-order valence-corrected chi connectivity index (χ4v) is 1.21. The van der Waals surface area contributed by atoms with Crippen molar-refractivity contribution in [1.82, 2.24) is 10.3 Å². The highest BCUT2D eigenvalue weighted by Crippen LogP contribution is 2.03. The van der Waals surface area contributed by atoms with Gasteiger partial charge in [0.2, 0.25) is 0 Å². The average molecular weight is 220 g/mol. The summed E-state index contributed by atoms with van der Waals surface area (Å²) in [5.74, 6) is 0.790. The predicted molar refractivity (Wildman–Crippen MR) is 68.7 cm³/mol. The van der Waals surface area contributed by atoms with Gasteiger partial charge in [-0.05, 0) is 39.8 Å². The van der Waals surface area contributed by atoms with Crippen molar-refractivity contribution in [2.24, 2.45) is 4.99 Å². The molecule has 0 aromatic carbocycles. The van der Waals surface area contributed by atoms with Gasteiger partial charge in [-0.15, -0.1) is 0 Å². The van der Waals surface area contributed by atoms with E-state index in [9.17, 15) is 0 Å². The maximum atomic E-state index is 4.48. The molecule has 0 amide bonds. The highest BCUT2D eigenvalue weighted by atomic mass is 15.2. The summed E-state index contributed by atoms with van der Waals surface area (Å²) < 4.78 is 0. The van der Waals surface area contributed by atoms with Crippen molar-refractivity contribution < 1.29 is 0 Å². The van der Waals surface area contributed by atoms with Crippen LogP contribution in [0.25, 0.3) is 0 Å². The van der Waals surface area contributed by atoms with Crippen LogP contribution in [-0.4, -0.2) is 23.0 Å². The molecule has 0 atom stereocenters. The number of pyridine rings is 1. The average Bonchev–Trinajstić information content (AvgIpc) is 2.16. The molecule has 0 saturated carbocycles. The van der Waals surface area contributed by atoms with Crippen molar-refractivity contribution in [1.29, 1.82) is 0 Å². The molecule has 0 fully saturated rings. The zero-order chi connectivity index (χ0) is 12.0. The Morgan fingerprint density at radius 1 is 1.31 bits per heavy atom. The van der Waals surface area contributed by atoms with Gasteiger partial charge in [-0.1, -0.05) is 0 Å². The van der Waals surface area contributed by atoms with Crippen molar-refractivity contribution in [3.8, 4) is 0 Å². The molecule has 4 heteroatoms. The molecule has 1 heterocycles. The summed E-state index contributed by atoms with van der Waals surface area (Å²) in [6, 6.07) is 4.46. The SMILES string of the molecule is CC(C)N=C(Nc1cccnc1)NC(C)C. The maximum Gasteiger partial charge on any atom is 0.196 e. The first-order chi connectivity index (χ1) is 7.58. The Morgan fingerprint density at radius 3 is 2.56 bits per heavy atom. The van der Waals surface area contributed by atoms with E-state index >= 15 is 0 Å². The summed E-state index contributed by atoms with van der Waals surface area (Å²) >= 11 is 0. The summed E-state index contributed by atoms with van der Waals surface area (Å²) in [4.78, 5) is 8.53. The molecular formula is C12H20N4. The van der Waals surface area contributed by atoms with Crippen molar-refractivity contribution in [3.63, 3.8) is 0 Å². The molecule has 1 rings (SSSR count). The third kappa shape index (κ3) is 4.77. The number of guanidine groups is 1. The summed E-state index contributed by atoms with van der Waals surface area (Å²) in [7, 11) is 0. The lowest BCUT2D eigenvalue weighted by molar-refractivity contribution is 0.717. The Kier molecular flexibility index (Phi) is 4.76. The Balaban J connectivity index is 2.71. The molecule has 0 saturated heterocycles. The second kappa shape index (κ2) is 6.10. The second-order valence-corrected chi connectivity index (χ2v) is 4.24. The quantitative estimate of drug-likeness (QED) is 0.607. The Labute approximate surface area is 97.2 Å². The minimum absolute atomic E-state index is 0.255. The van der Waals surface area contributed by atoms with E-state index in [1.165, 1.54) is 0 Å². The summed E-state index contributed by atoms with van der Waals surface area (Å²) in [5, 5.41) is 6.49. The van der Waals surface area contributed by atoms with Crippen LogP contribution in [0.5, 0.6) is 0 Å². The highest BCUT2D eigenvalue weighted by Gasteiger charge is 2.02. The molecular weight excluding hydrogens is 200 g/mol. The van der Waals surface area contributed by atoms with Gasteiger partial charge in [-0.2, -0.15) is 0 Å². The molecule has 2 N–H and O–H groups in total. The Morgan fingerprint density at radius 2 is 2.06 bits per heavy atom. The molecule has 0 aliphatic carbocycles. The van der Waals surface area contributed by atoms with E-state index in [0.29, 0.717) is 6.04 Å². The van der Waals surface area contributed by atoms with Crippen molar-refractivity contribution >= 4 is 11.6 Å². The third-order valence-corrected chi connectivity index (χ3v) is 1.74. The monoisotopic (exact) mass is 220 g/mol. The van der Waals surface area contributed by atoms with Gasteiger partial charge in [-0.25, -0.2) is 0 Å². The molecule has 0 radical (unpaired) electrons. The standard InChI is InChI=1S/C12H20N4/c1-9(2)14-12(15-10(3)4)16-11-6-5-7-13-8-11/h5-10H,1-4H3,(H2,14,15,16). The molecule has 88 valence electrons. The Hall–Kier alpha value is -1.58. The van der Waals surface area contributed by atoms with E-state index in [-0.39, 0.29) is 6.04 Å². The lowest BCUT2D eigenvalue weighted by atomic mass is 10.4. The number of aliphatic imine (C=N–C) groups is 1. The first-order valence-corrected chi connectivity index (χ1v) is 5.59. The number of nitrogens with one attached hydrogen (secondary N) is 2. The minimum atomic E-state index is 0.255. The van der Waals surface area contributed by atoms with Crippen LogP contribution >= 0.6 is 0 Å². The molecule has 1 aromatic heterocycles. The lowest BCUT2D eigenvalue weighted by Crippen LogP contribution is -2.36. The summed E-state index contributed by atoms with van der Waals surface area (Å²) in [6.45, 7) is 8.27. The molecule has 4 nitrogen and oxygen atoms in total. The van der Waals surface area contributed by atoms with Crippen LogP contribution in [0, 0.1) is 0 Å². The molecule has 0 bridgehead atoms. The van der Waals surface area contributed by atoms with Crippen LogP contribution in [0.15, 0.2) is 29.5 Å². The van der Waals surface area contributed by atoms with E-state index in [1.54, 1.807) is 12.4 Å². The summed E-state index contributed by atoms with van der Waals surface area (Å²) in [6.07, 6.45) is 3.53. The highest BCUT2D eigenvalue weighted by molar-refractivity contribution is 5.93. The number of nitrogens with zero attached hydrogens (tertiary/aromatic N) is 2. The fraction of sp³-hybridized carbons (Fsp3) is 0.500. The number of hydrogen-bond donors (Lipinski definition) is 2. The first kappa shape index (κ1) is 12.5. The van der Waals surface area contributed by atoms with Crippen LogP contribution in [0.3, 0.4) is 0 Å². The van der Waals surface area contributed by atoms with Crippen LogP contribution < -0.4 is 10.6 Å². The number of anilines is 1. The van der Waals surface area contributed by atoms with E-state index in [1.807, 2.05) is 26.0 Å². The molecule has 0 unspecified atom stereocenters. The normalized spacial score (nSPS) is 12.0. The number of aromatic nitrogens is 1. The van der Waals surface area contributed by atoms with Gasteiger partial charge >= 0.3 is 0 Å². The smallest absolute Gasteiger partial charge is 0.196 e. The van der Waals surface area contributed by atoms with E-state index in [4.69, 9.17) is 0 Å². The van der Waals surface area contributed by atoms with Crippen LogP contribution in [0.1, 0.15) is 27.7 Å². The van der Waals surface area contributed by atoms with E-state index in [2.05, 4.69) is 34.5 Å².